The average Bonchev–Trinajstić information content (AvgIpc) is 3.90. The van der Waals surface area contributed by atoms with Crippen molar-refractivity contribution in [3.63, 3.8) is 0 Å². The van der Waals surface area contributed by atoms with E-state index in [0.29, 0.717) is 0 Å². The van der Waals surface area contributed by atoms with Crippen molar-refractivity contribution in [1.82, 2.24) is 0 Å². The second-order valence-electron chi connectivity index (χ2n) is 18.9. The van der Waals surface area contributed by atoms with Crippen LogP contribution in [0.3, 0.4) is 0 Å². The molecule has 0 bridgehead atoms. The largest absolute Gasteiger partial charge is 0.455 e. The van der Waals surface area contributed by atoms with Crippen molar-refractivity contribution in [3.8, 4) is 66.8 Å². The highest BCUT2D eigenvalue weighted by molar-refractivity contribution is 6.09. The number of para-hydroxylation sites is 2. The molecule has 0 fully saturated rings. The van der Waals surface area contributed by atoms with Gasteiger partial charge in [0.25, 0.3) is 0 Å². The highest BCUT2D eigenvalue weighted by Gasteiger charge is 2.36. The van der Waals surface area contributed by atoms with E-state index in [1.54, 1.807) is 0 Å². The van der Waals surface area contributed by atoms with Crippen LogP contribution in [0.1, 0.15) is 25.0 Å². The second kappa shape index (κ2) is 16.3. The first-order valence-electron chi connectivity index (χ1n) is 23.9. The monoisotopic (exact) mass is 881 g/mol. The Morgan fingerprint density at radius 3 is 1.61 bits per heavy atom. The molecule has 0 N–H and O–H groups in total. The van der Waals surface area contributed by atoms with Crippen molar-refractivity contribution in [3.05, 3.63) is 260 Å². The molecule has 1 heterocycles. The van der Waals surface area contributed by atoms with Gasteiger partial charge in [-0.25, -0.2) is 0 Å². The Hall–Kier alpha value is -8.72. The van der Waals surface area contributed by atoms with Crippen molar-refractivity contribution < 1.29 is 4.42 Å². The third kappa shape index (κ3) is 7.03. The standard InChI is InChI=1S/C67H47NO/c1-67(2)63-42-53(52-30-29-45-15-6-7-16-49(45)39-52)33-37-59(63)60-38-36-57(43-64(60)67)68(55-34-31-48(32-35-55)47-27-25-46(26-28-47)44-13-4-3-5-14-44)56-20-11-18-51(41-56)50-17-10-19-54(40-50)58-22-12-23-62-61-21-8-9-24-65(61)69-66(58)62/h3-43H,1-2H3. The van der Waals surface area contributed by atoms with Crippen LogP contribution in [-0.2, 0) is 5.41 Å². The molecule has 326 valence electrons. The first-order chi connectivity index (χ1) is 33.9. The summed E-state index contributed by atoms with van der Waals surface area (Å²) in [6.45, 7) is 4.76. The average molecular weight is 882 g/mol. The van der Waals surface area contributed by atoms with Crippen molar-refractivity contribution in [2.45, 2.75) is 19.3 Å². The topological polar surface area (TPSA) is 16.4 Å². The normalized spacial score (nSPS) is 12.6. The summed E-state index contributed by atoms with van der Waals surface area (Å²) in [4.78, 5) is 2.42. The van der Waals surface area contributed by atoms with Gasteiger partial charge in [-0.2, -0.15) is 0 Å². The second-order valence-corrected chi connectivity index (χ2v) is 18.9. The minimum Gasteiger partial charge on any atom is -0.455 e. The van der Waals surface area contributed by atoms with Gasteiger partial charge in [0, 0.05) is 38.8 Å². The van der Waals surface area contributed by atoms with E-state index in [9.17, 15) is 0 Å². The lowest BCUT2D eigenvalue weighted by Crippen LogP contribution is -2.16. The van der Waals surface area contributed by atoms with Gasteiger partial charge in [-0.3, -0.25) is 0 Å². The molecule has 13 rings (SSSR count). The number of hydrogen-bond acceptors (Lipinski definition) is 2. The lowest BCUT2D eigenvalue weighted by Gasteiger charge is -2.28. The Morgan fingerprint density at radius 2 is 0.812 bits per heavy atom. The maximum Gasteiger partial charge on any atom is 0.143 e. The summed E-state index contributed by atoms with van der Waals surface area (Å²) in [5.74, 6) is 0. The number of benzene rings is 11. The molecule has 12 aromatic rings. The first-order valence-corrected chi connectivity index (χ1v) is 23.9. The fraction of sp³-hybridized carbons (Fsp3) is 0.0448. The summed E-state index contributed by atoms with van der Waals surface area (Å²) in [6.07, 6.45) is 0. The quantitative estimate of drug-likeness (QED) is 0.151. The molecule has 1 aromatic heterocycles. The summed E-state index contributed by atoms with van der Waals surface area (Å²) in [5.41, 5.74) is 22.0. The van der Waals surface area contributed by atoms with Crippen LogP contribution < -0.4 is 4.90 Å². The van der Waals surface area contributed by atoms with Gasteiger partial charge in [-0.05, 0) is 144 Å². The zero-order valence-electron chi connectivity index (χ0n) is 38.5. The van der Waals surface area contributed by atoms with Crippen LogP contribution in [0, 0.1) is 0 Å². The summed E-state index contributed by atoms with van der Waals surface area (Å²) < 4.78 is 6.49. The molecule has 11 aromatic carbocycles. The highest BCUT2D eigenvalue weighted by Crippen LogP contribution is 2.52. The Morgan fingerprint density at radius 1 is 0.304 bits per heavy atom. The number of rotatable bonds is 8. The van der Waals surface area contributed by atoms with Crippen LogP contribution >= 0.6 is 0 Å². The van der Waals surface area contributed by atoms with E-state index in [0.717, 1.165) is 61.3 Å². The fourth-order valence-electron chi connectivity index (χ4n) is 10.8. The van der Waals surface area contributed by atoms with Crippen LogP contribution in [0.4, 0.5) is 17.1 Å². The van der Waals surface area contributed by atoms with Gasteiger partial charge in [-0.15, -0.1) is 0 Å². The van der Waals surface area contributed by atoms with Crippen LogP contribution in [0.15, 0.2) is 253 Å². The first kappa shape index (κ1) is 40.5. The molecule has 0 saturated carbocycles. The molecule has 0 aliphatic heterocycles. The van der Waals surface area contributed by atoms with E-state index in [-0.39, 0.29) is 5.41 Å². The van der Waals surface area contributed by atoms with E-state index in [4.69, 9.17) is 4.42 Å². The SMILES string of the molecule is CC1(C)c2cc(-c3ccc4ccccc4c3)ccc2-c2ccc(N(c3ccc(-c4ccc(-c5ccccc5)cc4)cc3)c3cccc(-c4cccc(-c5cccc6c5oc5ccccc56)c4)c3)cc21. The van der Waals surface area contributed by atoms with Crippen LogP contribution in [-0.4, -0.2) is 0 Å². The Kier molecular flexibility index (Phi) is 9.55. The summed E-state index contributed by atoms with van der Waals surface area (Å²) >= 11 is 0. The van der Waals surface area contributed by atoms with Crippen molar-refractivity contribution in [1.29, 1.82) is 0 Å². The maximum absolute atomic E-state index is 6.49. The third-order valence-electron chi connectivity index (χ3n) is 14.5. The third-order valence-corrected chi connectivity index (χ3v) is 14.5. The van der Waals surface area contributed by atoms with Crippen molar-refractivity contribution in [2.24, 2.45) is 0 Å². The number of furan rings is 1. The molecule has 0 atom stereocenters. The molecule has 0 unspecified atom stereocenters. The summed E-state index contributed by atoms with van der Waals surface area (Å²) in [5, 5.41) is 4.79. The molecule has 0 spiro atoms. The van der Waals surface area contributed by atoms with E-state index in [1.807, 2.05) is 12.1 Å². The van der Waals surface area contributed by atoms with Gasteiger partial charge in [-0.1, -0.05) is 202 Å². The minimum absolute atomic E-state index is 0.222. The van der Waals surface area contributed by atoms with Gasteiger partial charge < -0.3 is 9.32 Å². The Labute approximate surface area is 403 Å². The van der Waals surface area contributed by atoms with Crippen molar-refractivity contribution in [2.75, 3.05) is 4.90 Å². The lowest BCUT2D eigenvalue weighted by atomic mass is 9.81. The fourth-order valence-corrected chi connectivity index (χ4v) is 10.8. The summed E-state index contributed by atoms with van der Waals surface area (Å²) in [6, 6.07) is 90.7. The molecule has 2 heteroatoms. The van der Waals surface area contributed by atoms with Crippen LogP contribution in [0.25, 0.3) is 99.5 Å². The highest BCUT2D eigenvalue weighted by atomic mass is 16.3. The predicted molar refractivity (Wildman–Crippen MR) is 291 cm³/mol. The zero-order valence-corrected chi connectivity index (χ0v) is 38.5. The molecule has 0 saturated heterocycles. The molecule has 0 amide bonds. The zero-order chi connectivity index (χ0) is 46.1. The van der Waals surface area contributed by atoms with Crippen LogP contribution in [0.2, 0.25) is 0 Å². The van der Waals surface area contributed by atoms with E-state index in [1.165, 1.54) is 66.4 Å². The molecule has 0 radical (unpaired) electrons. The van der Waals surface area contributed by atoms with Crippen molar-refractivity contribution >= 4 is 49.8 Å². The van der Waals surface area contributed by atoms with Gasteiger partial charge in [0.05, 0.1) is 0 Å². The minimum atomic E-state index is -0.222. The Balaban J connectivity index is 0.893. The molecule has 2 nitrogen and oxygen atoms in total. The van der Waals surface area contributed by atoms with E-state index in [2.05, 4.69) is 255 Å². The lowest BCUT2D eigenvalue weighted by molar-refractivity contribution is 0.660. The van der Waals surface area contributed by atoms with Gasteiger partial charge in [0.1, 0.15) is 11.2 Å². The number of anilines is 3. The maximum atomic E-state index is 6.49. The molecule has 69 heavy (non-hydrogen) atoms. The molecular weight excluding hydrogens is 835 g/mol. The van der Waals surface area contributed by atoms with E-state index < -0.39 is 0 Å². The molecule has 1 aliphatic rings. The van der Waals surface area contributed by atoms with E-state index >= 15 is 0 Å². The number of fused-ring (bicyclic) bond motifs is 7. The van der Waals surface area contributed by atoms with Gasteiger partial charge >= 0.3 is 0 Å². The van der Waals surface area contributed by atoms with Gasteiger partial charge in [0.15, 0.2) is 0 Å². The smallest absolute Gasteiger partial charge is 0.143 e. The van der Waals surface area contributed by atoms with Crippen LogP contribution in [0.5, 0.6) is 0 Å². The predicted octanol–water partition coefficient (Wildman–Crippen LogP) is 18.9. The number of nitrogens with zero attached hydrogens (tertiary/aromatic N) is 1. The summed E-state index contributed by atoms with van der Waals surface area (Å²) in [7, 11) is 0. The molecule has 1 aliphatic carbocycles. The Bertz CT molecular complexity index is 3910. The van der Waals surface area contributed by atoms with Gasteiger partial charge in [0.2, 0.25) is 0 Å². The number of hydrogen-bond donors (Lipinski definition) is 0. The molecular formula is C67H47NO.